The van der Waals surface area contributed by atoms with Gasteiger partial charge in [-0.25, -0.2) is 4.39 Å². The first-order valence-electron chi connectivity index (χ1n) is 12.0. The van der Waals surface area contributed by atoms with Crippen LogP contribution < -0.4 is 19.9 Å². The van der Waals surface area contributed by atoms with Crippen molar-refractivity contribution >= 4 is 5.91 Å². The van der Waals surface area contributed by atoms with Crippen LogP contribution in [0.4, 0.5) is 4.39 Å². The third-order valence-electron chi connectivity index (χ3n) is 6.06. The highest BCUT2D eigenvalue weighted by atomic mass is 19.1. The van der Waals surface area contributed by atoms with Crippen molar-refractivity contribution in [3.05, 3.63) is 89.7 Å². The molecule has 0 unspecified atom stereocenters. The number of nitrogens with zero attached hydrogens (tertiary/aromatic N) is 1. The van der Waals surface area contributed by atoms with E-state index >= 15 is 0 Å². The summed E-state index contributed by atoms with van der Waals surface area (Å²) in [7, 11) is 0. The molecule has 0 saturated carbocycles. The molecule has 1 fully saturated rings. The molecule has 7 nitrogen and oxygen atoms in total. The molecule has 1 amide bonds. The van der Waals surface area contributed by atoms with E-state index in [1.165, 1.54) is 6.07 Å². The van der Waals surface area contributed by atoms with E-state index < -0.39 is 23.9 Å². The summed E-state index contributed by atoms with van der Waals surface area (Å²) in [6.45, 7) is 1.94. The van der Waals surface area contributed by atoms with Crippen molar-refractivity contribution in [2.45, 2.75) is 38.2 Å². The first-order valence-corrected chi connectivity index (χ1v) is 12.0. The molecule has 0 radical (unpaired) electrons. The van der Waals surface area contributed by atoms with Gasteiger partial charge >= 0.3 is 0 Å². The Morgan fingerprint density at radius 3 is 2.50 bits per heavy atom. The normalized spacial score (nSPS) is 18.3. The molecule has 1 aliphatic rings. The summed E-state index contributed by atoms with van der Waals surface area (Å²) in [6, 6.07) is 21.5. The smallest absolute Gasteiger partial charge is 0.255 e. The molecule has 0 spiro atoms. The second-order valence-electron chi connectivity index (χ2n) is 8.81. The molecule has 0 bridgehead atoms. The van der Waals surface area contributed by atoms with E-state index in [4.69, 9.17) is 19.9 Å². The highest BCUT2D eigenvalue weighted by molar-refractivity contribution is 5.75. The number of rotatable bonds is 10. The monoisotopic (exact) mass is 494 g/mol. The van der Waals surface area contributed by atoms with E-state index in [0.717, 1.165) is 11.1 Å². The highest BCUT2D eigenvalue weighted by Crippen LogP contribution is 2.28. The van der Waals surface area contributed by atoms with Gasteiger partial charge in [-0.3, -0.25) is 9.69 Å². The fourth-order valence-corrected chi connectivity index (χ4v) is 4.15. The van der Waals surface area contributed by atoms with Crippen LogP contribution in [0.3, 0.4) is 0 Å². The number of carbonyl (C=O) groups is 1. The number of carbonyl (C=O) groups excluding carboxylic acids is 1. The number of nitrogens with two attached hydrogens (primary N) is 1. The molecule has 0 aliphatic carbocycles. The van der Waals surface area contributed by atoms with Gasteiger partial charge in [0, 0.05) is 25.2 Å². The van der Waals surface area contributed by atoms with E-state index in [1.54, 1.807) is 30.3 Å². The Morgan fingerprint density at radius 1 is 0.972 bits per heavy atom. The lowest BCUT2D eigenvalue weighted by atomic mass is 10.1. The minimum atomic E-state index is -0.722. The number of benzene rings is 3. The van der Waals surface area contributed by atoms with Gasteiger partial charge in [0.25, 0.3) is 5.91 Å². The lowest BCUT2D eigenvalue weighted by Crippen LogP contribution is -2.31. The number of likely N-dealkylation sites (tertiary alicyclic amines) is 1. The molecule has 3 aromatic rings. The van der Waals surface area contributed by atoms with Gasteiger partial charge in [-0.2, -0.15) is 0 Å². The van der Waals surface area contributed by atoms with E-state index in [9.17, 15) is 14.3 Å². The summed E-state index contributed by atoms with van der Waals surface area (Å²) in [4.78, 5) is 13.5. The molecule has 3 aromatic carbocycles. The zero-order valence-electron chi connectivity index (χ0n) is 20.0. The quantitative estimate of drug-likeness (QED) is 0.447. The van der Waals surface area contributed by atoms with Gasteiger partial charge in [0.05, 0.1) is 6.10 Å². The van der Waals surface area contributed by atoms with Crippen LogP contribution in [0.15, 0.2) is 72.8 Å². The number of hydrogen-bond acceptors (Lipinski definition) is 6. The van der Waals surface area contributed by atoms with Crippen LogP contribution in [-0.4, -0.2) is 47.8 Å². The number of primary amides is 1. The summed E-state index contributed by atoms with van der Waals surface area (Å²) in [5, 5.41) is 10.6. The SMILES string of the molecule is NC(=O)COc1ccc(OCc2ccccc2)cc1CN1CC[C@H](Oc2ccccc2F)[C@@H](O)CC1. The van der Waals surface area contributed by atoms with E-state index in [1.807, 2.05) is 36.4 Å². The van der Waals surface area contributed by atoms with Crippen molar-refractivity contribution in [1.82, 2.24) is 4.90 Å². The van der Waals surface area contributed by atoms with E-state index in [0.29, 0.717) is 50.6 Å². The Hall–Kier alpha value is -3.62. The lowest BCUT2D eigenvalue weighted by molar-refractivity contribution is -0.119. The van der Waals surface area contributed by atoms with Crippen molar-refractivity contribution < 1.29 is 28.5 Å². The van der Waals surface area contributed by atoms with Crippen LogP contribution >= 0.6 is 0 Å². The first kappa shape index (κ1) is 25.5. The molecule has 1 aliphatic heterocycles. The zero-order chi connectivity index (χ0) is 25.3. The summed E-state index contributed by atoms with van der Waals surface area (Å²) in [6.07, 6.45) is -0.239. The van der Waals surface area contributed by atoms with Crippen molar-refractivity contribution in [2.75, 3.05) is 19.7 Å². The third kappa shape index (κ3) is 7.19. The van der Waals surface area contributed by atoms with Crippen LogP contribution in [-0.2, 0) is 17.9 Å². The maximum absolute atomic E-state index is 14.0. The van der Waals surface area contributed by atoms with E-state index in [2.05, 4.69) is 4.90 Å². The Kier molecular flexibility index (Phi) is 8.76. The standard InChI is InChI=1S/C28H31FN2O5/c29-23-8-4-5-9-26(23)36-27-13-15-31(14-12-24(27)32)17-21-16-22(10-11-25(21)35-19-28(30)33)34-18-20-6-2-1-3-7-20/h1-11,16,24,27,32H,12-15,17-19H2,(H2,30,33)/t24-,27-/m0/s1. The minimum Gasteiger partial charge on any atom is -0.489 e. The highest BCUT2D eigenvalue weighted by Gasteiger charge is 2.27. The van der Waals surface area contributed by atoms with Gasteiger partial charge in [-0.05, 0) is 48.7 Å². The van der Waals surface area contributed by atoms with Crippen LogP contribution in [0, 0.1) is 5.82 Å². The number of halogens is 1. The molecular weight excluding hydrogens is 463 g/mol. The number of para-hydroxylation sites is 1. The maximum atomic E-state index is 14.0. The minimum absolute atomic E-state index is 0.139. The predicted molar refractivity (Wildman–Crippen MR) is 133 cm³/mol. The largest absolute Gasteiger partial charge is 0.489 e. The lowest BCUT2D eigenvalue weighted by Gasteiger charge is -2.23. The van der Waals surface area contributed by atoms with Gasteiger partial charge in [-0.1, -0.05) is 42.5 Å². The second-order valence-corrected chi connectivity index (χ2v) is 8.81. The second kappa shape index (κ2) is 12.4. The molecule has 8 heteroatoms. The topological polar surface area (TPSA) is 94.3 Å². The van der Waals surface area contributed by atoms with Crippen molar-refractivity contribution in [2.24, 2.45) is 5.73 Å². The molecular formula is C28H31FN2O5. The number of ether oxygens (including phenoxy) is 3. The third-order valence-corrected chi connectivity index (χ3v) is 6.06. The van der Waals surface area contributed by atoms with Crippen molar-refractivity contribution in [3.8, 4) is 17.2 Å². The Bertz CT molecular complexity index is 1140. The van der Waals surface area contributed by atoms with Crippen LogP contribution in [0.5, 0.6) is 17.2 Å². The van der Waals surface area contributed by atoms with Gasteiger partial charge in [0.15, 0.2) is 18.2 Å². The van der Waals surface area contributed by atoms with Gasteiger partial charge in [-0.15, -0.1) is 0 Å². The van der Waals surface area contributed by atoms with Crippen LogP contribution in [0.25, 0.3) is 0 Å². The number of amides is 1. The average molecular weight is 495 g/mol. The van der Waals surface area contributed by atoms with Crippen molar-refractivity contribution in [1.29, 1.82) is 0 Å². The molecule has 36 heavy (non-hydrogen) atoms. The Labute approximate surface area is 210 Å². The molecule has 1 saturated heterocycles. The number of aliphatic hydroxyl groups is 1. The van der Waals surface area contributed by atoms with Crippen LogP contribution in [0.2, 0.25) is 0 Å². The number of hydrogen-bond donors (Lipinski definition) is 2. The Balaban J connectivity index is 1.44. The summed E-state index contributed by atoms with van der Waals surface area (Å²) < 4.78 is 31.5. The van der Waals surface area contributed by atoms with Gasteiger partial charge in [0.2, 0.25) is 0 Å². The molecule has 190 valence electrons. The molecule has 2 atom stereocenters. The zero-order valence-corrected chi connectivity index (χ0v) is 20.0. The van der Waals surface area contributed by atoms with Crippen LogP contribution in [0.1, 0.15) is 24.0 Å². The molecule has 3 N–H and O–H groups in total. The van der Waals surface area contributed by atoms with Gasteiger partial charge < -0.3 is 25.1 Å². The summed E-state index contributed by atoms with van der Waals surface area (Å²) in [5.41, 5.74) is 7.16. The summed E-state index contributed by atoms with van der Waals surface area (Å²) in [5.74, 6) is 0.354. The molecule has 4 rings (SSSR count). The predicted octanol–water partition coefficient (Wildman–Crippen LogP) is 3.67. The molecule has 1 heterocycles. The maximum Gasteiger partial charge on any atom is 0.255 e. The fraction of sp³-hybridized carbons (Fsp3) is 0.321. The van der Waals surface area contributed by atoms with Gasteiger partial charge in [0.1, 0.15) is 24.2 Å². The number of aliphatic hydroxyl groups excluding tert-OH is 1. The fourth-order valence-electron chi connectivity index (χ4n) is 4.15. The average Bonchev–Trinajstić information content (AvgIpc) is 3.05. The first-order chi connectivity index (χ1) is 17.5. The van der Waals surface area contributed by atoms with E-state index in [-0.39, 0.29) is 12.4 Å². The summed E-state index contributed by atoms with van der Waals surface area (Å²) >= 11 is 0. The molecule has 0 aromatic heterocycles. The van der Waals surface area contributed by atoms with Crippen molar-refractivity contribution in [3.63, 3.8) is 0 Å². The Morgan fingerprint density at radius 2 is 1.72 bits per heavy atom.